The van der Waals surface area contributed by atoms with E-state index >= 15 is 0 Å². The van der Waals surface area contributed by atoms with Gasteiger partial charge in [-0.3, -0.25) is 0 Å². The first-order valence-electron chi connectivity index (χ1n) is 6.63. The number of benzene rings is 1. The fourth-order valence-corrected chi connectivity index (χ4v) is 2.02. The molecule has 3 heteroatoms. The Morgan fingerprint density at radius 1 is 1.26 bits per heavy atom. The van der Waals surface area contributed by atoms with Gasteiger partial charge in [0, 0.05) is 18.3 Å². The first-order chi connectivity index (χ1) is 9.20. The Hall–Kier alpha value is -1.87. The van der Waals surface area contributed by atoms with Crippen molar-refractivity contribution in [2.45, 2.75) is 32.9 Å². The Labute approximate surface area is 114 Å². The van der Waals surface area contributed by atoms with Crippen LogP contribution in [0.4, 0.5) is 5.82 Å². The van der Waals surface area contributed by atoms with Gasteiger partial charge in [-0.25, -0.2) is 4.98 Å². The molecule has 19 heavy (non-hydrogen) atoms. The third-order valence-corrected chi connectivity index (χ3v) is 3.21. The van der Waals surface area contributed by atoms with E-state index in [1.54, 1.807) is 6.20 Å². The number of aryl methyl sites for hydroxylation is 1. The Morgan fingerprint density at radius 3 is 2.63 bits per heavy atom. The van der Waals surface area contributed by atoms with Crippen molar-refractivity contribution in [2.75, 3.05) is 5.32 Å². The average Bonchev–Trinajstić information content (AvgIpc) is 2.45. The molecule has 1 atom stereocenters. The Balaban J connectivity index is 2.04. The van der Waals surface area contributed by atoms with Gasteiger partial charge in [0.15, 0.2) is 0 Å². The van der Waals surface area contributed by atoms with E-state index in [9.17, 15) is 5.11 Å². The van der Waals surface area contributed by atoms with Gasteiger partial charge in [-0.15, -0.1) is 0 Å². The lowest BCUT2D eigenvalue weighted by Gasteiger charge is -2.13. The van der Waals surface area contributed by atoms with Crippen LogP contribution in [0.5, 0.6) is 0 Å². The SMILES string of the molecule is CCC(O)c1cnc(NCc2ccccc2)cc1C. The fraction of sp³-hybridized carbons (Fsp3) is 0.312. The minimum atomic E-state index is -0.421. The van der Waals surface area contributed by atoms with Gasteiger partial charge in [-0.1, -0.05) is 37.3 Å². The number of pyridine rings is 1. The predicted molar refractivity (Wildman–Crippen MR) is 78.0 cm³/mol. The number of aliphatic hydroxyl groups excluding tert-OH is 1. The van der Waals surface area contributed by atoms with Gasteiger partial charge in [0.2, 0.25) is 0 Å². The number of aromatic nitrogens is 1. The van der Waals surface area contributed by atoms with E-state index < -0.39 is 6.10 Å². The molecule has 1 unspecified atom stereocenters. The van der Waals surface area contributed by atoms with Crippen molar-refractivity contribution in [3.63, 3.8) is 0 Å². The number of rotatable bonds is 5. The van der Waals surface area contributed by atoms with Crippen LogP contribution in [0.1, 0.15) is 36.1 Å². The lowest BCUT2D eigenvalue weighted by atomic mass is 10.0. The van der Waals surface area contributed by atoms with Crippen molar-refractivity contribution in [3.05, 3.63) is 59.3 Å². The lowest BCUT2D eigenvalue weighted by Crippen LogP contribution is -2.04. The number of nitrogens with zero attached hydrogens (tertiary/aromatic N) is 1. The van der Waals surface area contributed by atoms with E-state index in [2.05, 4.69) is 22.4 Å². The molecule has 0 aliphatic rings. The summed E-state index contributed by atoms with van der Waals surface area (Å²) in [5.41, 5.74) is 3.20. The highest BCUT2D eigenvalue weighted by atomic mass is 16.3. The minimum Gasteiger partial charge on any atom is -0.388 e. The highest BCUT2D eigenvalue weighted by molar-refractivity contribution is 5.41. The molecule has 1 aromatic heterocycles. The highest BCUT2D eigenvalue weighted by Crippen LogP contribution is 2.21. The van der Waals surface area contributed by atoms with Crippen LogP contribution < -0.4 is 5.32 Å². The Bertz CT molecular complexity index is 526. The molecule has 0 aliphatic heterocycles. The van der Waals surface area contributed by atoms with E-state index in [0.29, 0.717) is 6.42 Å². The van der Waals surface area contributed by atoms with Gasteiger partial charge in [0.1, 0.15) is 5.82 Å². The average molecular weight is 256 g/mol. The molecule has 0 bridgehead atoms. The zero-order chi connectivity index (χ0) is 13.7. The van der Waals surface area contributed by atoms with E-state index in [1.807, 2.05) is 38.1 Å². The Kier molecular flexibility index (Phi) is 4.53. The fourth-order valence-electron chi connectivity index (χ4n) is 2.02. The second kappa shape index (κ2) is 6.34. The molecule has 2 aromatic rings. The van der Waals surface area contributed by atoms with Gasteiger partial charge in [-0.05, 0) is 30.5 Å². The first-order valence-corrected chi connectivity index (χ1v) is 6.63. The third-order valence-electron chi connectivity index (χ3n) is 3.21. The minimum absolute atomic E-state index is 0.421. The molecular weight excluding hydrogens is 236 g/mol. The summed E-state index contributed by atoms with van der Waals surface area (Å²) in [6.45, 7) is 4.72. The zero-order valence-electron chi connectivity index (χ0n) is 11.4. The highest BCUT2D eigenvalue weighted by Gasteiger charge is 2.09. The van der Waals surface area contributed by atoms with E-state index in [0.717, 1.165) is 23.5 Å². The second-order valence-electron chi connectivity index (χ2n) is 4.69. The zero-order valence-corrected chi connectivity index (χ0v) is 11.4. The van der Waals surface area contributed by atoms with Gasteiger partial charge < -0.3 is 10.4 Å². The van der Waals surface area contributed by atoms with Crippen LogP contribution in [0.3, 0.4) is 0 Å². The maximum atomic E-state index is 9.85. The van der Waals surface area contributed by atoms with Crippen LogP contribution in [0.15, 0.2) is 42.6 Å². The molecule has 100 valence electrons. The summed E-state index contributed by atoms with van der Waals surface area (Å²) in [6.07, 6.45) is 2.05. The number of hydrogen-bond donors (Lipinski definition) is 2. The second-order valence-corrected chi connectivity index (χ2v) is 4.69. The smallest absolute Gasteiger partial charge is 0.126 e. The van der Waals surface area contributed by atoms with Crippen LogP contribution in [0.25, 0.3) is 0 Å². The van der Waals surface area contributed by atoms with Crippen molar-refractivity contribution in [1.29, 1.82) is 0 Å². The maximum absolute atomic E-state index is 9.85. The summed E-state index contributed by atoms with van der Waals surface area (Å²) in [7, 11) is 0. The number of anilines is 1. The molecule has 1 heterocycles. The van der Waals surface area contributed by atoms with E-state index in [4.69, 9.17) is 0 Å². The molecular formula is C16H20N2O. The lowest BCUT2D eigenvalue weighted by molar-refractivity contribution is 0.172. The summed E-state index contributed by atoms with van der Waals surface area (Å²) in [6, 6.07) is 12.2. The van der Waals surface area contributed by atoms with Crippen molar-refractivity contribution in [3.8, 4) is 0 Å². The van der Waals surface area contributed by atoms with Gasteiger partial charge in [0.05, 0.1) is 6.10 Å². The summed E-state index contributed by atoms with van der Waals surface area (Å²) in [4.78, 5) is 4.35. The predicted octanol–water partition coefficient (Wildman–Crippen LogP) is 3.45. The first kappa shape index (κ1) is 13.6. The van der Waals surface area contributed by atoms with Crippen LogP contribution in [-0.4, -0.2) is 10.1 Å². The van der Waals surface area contributed by atoms with Crippen LogP contribution in [0, 0.1) is 6.92 Å². The van der Waals surface area contributed by atoms with E-state index in [-0.39, 0.29) is 0 Å². The molecule has 1 aromatic carbocycles. The van der Waals surface area contributed by atoms with Crippen molar-refractivity contribution in [2.24, 2.45) is 0 Å². The van der Waals surface area contributed by atoms with Gasteiger partial charge in [0.25, 0.3) is 0 Å². The monoisotopic (exact) mass is 256 g/mol. The number of hydrogen-bond acceptors (Lipinski definition) is 3. The van der Waals surface area contributed by atoms with Gasteiger partial charge in [-0.2, -0.15) is 0 Å². The molecule has 2 N–H and O–H groups in total. The third kappa shape index (κ3) is 3.55. The maximum Gasteiger partial charge on any atom is 0.126 e. The molecule has 0 aliphatic carbocycles. The quantitative estimate of drug-likeness (QED) is 0.861. The summed E-state index contributed by atoms with van der Waals surface area (Å²) in [5.74, 6) is 0.841. The van der Waals surface area contributed by atoms with Crippen molar-refractivity contribution < 1.29 is 5.11 Å². The van der Waals surface area contributed by atoms with Crippen LogP contribution in [0.2, 0.25) is 0 Å². The van der Waals surface area contributed by atoms with Crippen LogP contribution in [-0.2, 0) is 6.54 Å². The molecule has 0 spiro atoms. The summed E-state index contributed by atoms with van der Waals surface area (Å²) in [5, 5.41) is 13.1. The topological polar surface area (TPSA) is 45.2 Å². The van der Waals surface area contributed by atoms with Gasteiger partial charge >= 0.3 is 0 Å². The number of aliphatic hydroxyl groups is 1. The van der Waals surface area contributed by atoms with E-state index in [1.165, 1.54) is 5.56 Å². The Morgan fingerprint density at radius 2 is 2.00 bits per heavy atom. The summed E-state index contributed by atoms with van der Waals surface area (Å²) < 4.78 is 0. The normalized spacial score (nSPS) is 12.2. The van der Waals surface area contributed by atoms with Crippen molar-refractivity contribution >= 4 is 5.82 Å². The van der Waals surface area contributed by atoms with Crippen molar-refractivity contribution in [1.82, 2.24) is 4.98 Å². The molecule has 0 saturated heterocycles. The largest absolute Gasteiger partial charge is 0.388 e. The molecule has 0 amide bonds. The van der Waals surface area contributed by atoms with Crippen LogP contribution >= 0.6 is 0 Å². The number of nitrogens with one attached hydrogen (secondary N) is 1. The molecule has 0 radical (unpaired) electrons. The molecule has 0 saturated carbocycles. The molecule has 0 fully saturated rings. The molecule has 2 rings (SSSR count). The standard InChI is InChI=1S/C16H20N2O/c1-3-15(19)14-11-18-16(9-12(14)2)17-10-13-7-5-4-6-8-13/h4-9,11,15,19H,3,10H2,1-2H3,(H,17,18). The molecule has 3 nitrogen and oxygen atoms in total. The summed E-state index contributed by atoms with van der Waals surface area (Å²) >= 11 is 0.